The lowest BCUT2D eigenvalue weighted by atomic mass is 10.2. The third kappa shape index (κ3) is 1.65. The third-order valence-electron chi connectivity index (χ3n) is 1.77. The Labute approximate surface area is 92.7 Å². The van der Waals surface area contributed by atoms with E-state index in [-0.39, 0.29) is 5.13 Å². The van der Waals surface area contributed by atoms with Gasteiger partial charge in [0.1, 0.15) is 5.75 Å². The van der Waals surface area contributed by atoms with Gasteiger partial charge in [0.05, 0.1) is 7.11 Å². The summed E-state index contributed by atoms with van der Waals surface area (Å²) in [7, 11) is 1.61. The molecule has 68 valence electrons. The normalized spacial score (nSPS) is 10.7. The van der Waals surface area contributed by atoms with Gasteiger partial charge in [0, 0.05) is 13.7 Å². The van der Waals surface area contributed by atoms with E-state index in [2.05, 4.69) is 22.6 Å². The summed E-state index contributed by atoms with van der Waals surface area (Å²) >= 11 is 3.32. The van der Waals surface area contributed by atoms with Crippen LogP contribution in [0.2, 0.25) is 0 Å². The summed E-state index contributed by atoms with van der Waals surface area (Å²) < 4.78 is 20.0. The molecule has 0 unspecified atom stereocenters. The molecule has 0 saturated carbocycles. The fourth-order valence-corrected chi connectivity index (χ4v) is 2.94. The van der Waals surface area contributed by atoms with Crippen LogP contribution >= 0.6 is 33.9 Å². The molecule has 1 nitrogen and oxygen atoms in total. The lowest BCUT2D eigenvalue weighted by Gasteiger charge is -2.00. The molecule has 0 fully saturated rings. The van der Waals surface area contributed by atoms with Crippen molar-refractivity contribution in [2.45, 2.75) is 0 Å². The number of methoxy groups -OCH3 is 1. The van der Waals surface area contributed by atoms with Crippen LogP contribution in [0.4, 0.5) is 4.39 Å². The molecule has 0 radical (unpaired) electrons. The highest BCUT2D eigenvalue weighted by Gasteiger charge is 2.06. The van der Waals surface area contributed by atoms with Gasteiger partial charge in [0.25, 0.3) is 0 Å². The van der Waals surface area contributed by atoms with Gasteiger partial charge < -0.3 is 4.74 Å². The second-order valence-electron chi connectivity index (χ2n) is 2.57. The summed E-state index contributed by atoms with van der Waals surface area (Å²) in [5.41, 5.74) is 0. The van der Waals surface area contributed by atoms with Crippen molar-refractivity contribution in [3.63, 3.8) is 0 Å². The van der Waals surface area contributed by atoms with Crippen LogP contribution in [0.1, 0.15) is 0 Å². The zero-order valence-electron chi connectivity index (χ0n) is 6.80. The first-order chi connectivity index (χ1) is 6.20. The molecule has 1 aromatic heterocycles. The van der Waals surface area contributed by atoms with Crippen molar-refractivity contribution in [2.75, 3.05) is 7.11 Å². The van der Waals surface area contributed by atoms with E-state index < -0.39 is 0 Å². The highest BCUT2D eigenvalue weighted by atomic mass is 127. The Morgan fingerprint density at radius 2 is 2.15 bits per heavy atom. The molecule has 0 saturated heterocycles. The van der Waals surface area contributed by atoms with Crippen molar-refractivity contribution < 1.29 is 9.13 Å². The molecule has 1 aromatic carbocycles. The van der Waals surface area contributed by atoms with Crippen LogP contribution in [-0.2, 0) is 0 Å². The zero-order valence-corrected chi connectivity index (χ0v) is 9.78. The lowest BCUT2D eigenvalue weighted by Crippen LogP contribution is -1.82. The van der Waals surface area contributed by atoms with Gasteiger partial charge in [-0.2, -0.15) is 4.39 Å². The first-order valence-electron chi connectivity index (χ1n) is 3.63. The van der Waals surface area contributed by atoms with E-state index in [0.29, 0.717) is 0 Å². The van der Waals surface area contributed by atoms with Gasteiger partial charge in [-0.1, -0.05) is 0 Å². The maximum atomic E-state index is 12.9. The van der Waals surface area contributed by atoms with Gasteiger partial charge in [-0.3, -0.25) is 0 Å². The minimum Gasteiger partial charge on any atom is -0.497 e. The van der Waals surface area contributed by atoms with Crippen LogP contribution in [0.3, 0.4) is 0 Å². The summed E-state index contributed by atoms with van der Waals surface area (Å²) in [6.07, 6.45) is 0. The molecule has 0 bridgehead atoms. The first kappa shape index (κ1) is 9.21. The van der Waals surface area contributed by atoms with E-state index in [1.54, 1.807) is 13.2 Å². The summed E-state index contributed by atoms with van der Waals surface area (Å²) in [4.78, 5) is 0. The predicted molar refractivity (Wildman–Crippen MR) is 61.1 cm³/mol. The maximum Gasteiger partial charge on any atom is 0.177 e. The average molecular weight is 308 g/mol. The van der Waals surface area contributed by atoms with Gasteiger partial charge in [0.15, 0.2) is 5.13 Å². The number of halogens is 2. The molecule has 0 atom stereocenters. The van der Waals surface area contributed by atoms with E-state index in [9.17, 15) is 4.39 Å². The Hall–Kier alpha value is -0.360. The lowest BCUT2D eigenvalue weighted by molar-refractivity contribution is 0.415. The Balaban J connectivity index is 2.75. The second-order valence-corrected chi connectivity index (χ2v) is 4.77. The maximum absolute atomic E-state index is 12.9. The predicted octanol–water partition coefficient (Wildman–Crippen LogP) is 3.65. The van der Waals surface area contributed by atoms with Crippen LogP contribution in [0, 0.1) is 8.70 Å². The van der Waals surface area contributed by atoms with Crippen molar-refractivity contribution in [1.29, 1.82) is 0 Å². The van der Waals surface area contributed by atoms with E-state index >= 15 is 0 Å². The van der Waals surface area contributed by atoms with Crippen molar-refractivity contribution >= 4 is 44.0 Å². The van der Waals surface area contributed by atoms with Crippen LogP contribution < -0.4 is 4.74 Å². The number of ether oxygens (including phenoxy) is 1. The number of benzene rings is 1. The highest BCUT2D eigenvalue weighted by molar-refractivity contribution is 14.1. The van der Waals surface area contributed by atoms with E-state index in [1.165, 1.54) is 0 Å². The fraction of sp³-hybridized carbons (Fsp3) is 0.111. The molecule has 4 heteroatoms. The largest absolute Gasteiger partial charge is 0.497 e. The number of thiophene rings is 1. The van der Waals surface area contributed by atoms with Crippen LogP contribution in [0.15, 0.2) is 18.2 Å². The van der Waals surface area contributed by atoms with Gasteiger partial charge >= 0.3 is 0 Å². The molecule has 0 N–H and O–H groups in total. The Bertz CT molecular complexity index is 452. The molecule has 1 heterocycles. The summed E-state index contributed by atoms with van der Waals surface area (Å²) in [6, 6.07) is 5.31. The van der Waals surface area contributed by atoms with Gasteiger partial charge in [-0.25, -0.2) is 0 Å². The van der Waals surface area contributed by atoms with Crippen LogP contribution in [0.25, 0.3) is 10.1 Å². The van der Waals surface area contributed by atoms with E-state index in [4.69, 9.17) is 4.74 Å². The summed E-state index contributed by atoms with van der Waals surface area (Å²) in [5, 5.41) is 0.810. The SMILES string of the molecule is COc1cc(I)c2cc(F)sc2c1. The third-order valence-corrected chi connectivity index (χ3v) is 3.53. The Morgan fingerprint density at radius 1 is 1.38 bits per heavy atom. The minimum atomic E-state index is -0.152. The number of hydrogen-bond acceptors (Lipinski definition) is 2. The average Bonchev–Trinajstić information content (AvgIpc) is 2.46. The number of fused-ring (bicyclic) bond motifs is 1. The van der Waals surface area contributed by atoms with Gasteiger partial charge in [-0.05, 0) is 40.8 Å². The molecule has 13 heavy (non-hydrogen) atoms. The highest BCUT2D eigenvalue weighted by Crippen LogP contribution is 2.32. The smallest absolute Gasteiger partial charge is 0.177 e. The summed E-state index contributed by atoms with van der Waals surface area (Å²) in [6.45, 7) is 0. The van der Waals surface area contributed by atoms with Crippen molar-refractivity contribution in [3.8, 4) is 5.75 Å². The number of rotatable bonds is 1. The van der Waals surface area contributed by atoms with E-state index in [0.717, 1.165) is 30.7 Å². The number of hydrogen-bond donors (Lipinski definition) is 0. The Morgan fingerprint density at radius 3 is 2.85 bits per heavy atom. The standard InChI is InChI=1S/C9H6FIOS/c1-12-5-2-7(11)6-4-9(10)13-8(6)3-5/h2-4H,1H3. The molecule has 2 aromatic rings. The molecule has 2 rings (SSSR count). The molecule has 0 aliphatic carbocycles. The minimum absolute atomic E-state index is 0.152. The van der Waals surface area contributed by atoms with Crippen molar-refractivity contribution in [3.05, 3.63) is 26.9 Å². The molecule has 0 spiro atoms. The second kappa shape index (κ2) is 3.42. The molecule has 0 aliphatic rings. The van der Waals surface area contributed by atoms with E-state index in [1.807, 2.05) is 12.1 Å². The van der Waals surface area contributed by atoms with Crippen LogP contribution in [0.5, 0.6) is 5.75 Å². The van der Waals surface area contributed by atoms with Gasteiger partial charge in [0.2, 0.25) is 0 Å². The first-order valence-corrected chi connectivity index (χ1v) is 5.53. The fourth-order valence-electron chi connectivity index (χ4n) is 1.16. The van der Waals surface area contributed by atoms with Gasteiger partial charge in [-0.15, -0.1) is 11.3 Å². The molecular formula is C9H6FIOS. The monoisotopic (exact) mass is 308 g/mol. The van der Waals surface area contributed by atoms with Crippen molar-refractivity contribution in [2.24, 2.45) is 0 Å². The zero-order chi connectivity index (χ0) is 9.42. The topological polar surface area (TPSA) is 9.23 Å². The molecule has 0 amide bonds. The summed E-state index contributed by atoms with van der Waals surface area (Å²) in [5.74, 6) is 0.777. The Kier molecular flexibility index (Phi) is 2.42. The quantitative estimate of drug-likeness (QED) is 0.731. The van der Waals surface area contributed by atoms with Crippen LogP contribution in [-0.4, -0.2) is 7.11 Å². The van der Waals surface area contributed by atoms with Crippen molar-refractivity contribution in [1.82, 2.24) is 0 Å². The molecule has 0 aliphatic heterocycles. The molecular weight excluding hydrogens is 302 g/mol.